The van der Waals surface area contributed by atoms with Crippen LogP contribution < -0.4 is 5.32 Å². The van der Waals surface area contributed by atoms with Gasteiger partial charge in [0.05, 0.1) is 0 Å². The molecule has 0 aliphatic heterocycles. The molecule has 2 rings (SSSR count). The zero-order valence-corrected chi connectivity index (χ0v) is 12.5. The summed E-state index contributed by atoms with van der Waals surface area (Å²) in [5.41, 5.74) is 6.23. The van der Waals surface area contributed by atoms with Gasteiger partial charge in [0.1, 0.15) is 0 Å². The normalized spacial score (nSPS) is 12.2. The Bertz CT molecular complexity index is 560. The van der Waals surface area contributed by atoms with Gasteiger partial charge in [-0.15, -0.1) is 0 Å². The van der Waals surface area contributed by atoms with E-state index in [0.29, 0.717) is 6.42 Å². The molecule has 0 radical (unpaired) electrons. The average molecular weight is 269 g/mol. The Morgan fingerprint density at radius 2 is 1.70 bits per heavy atom. The molecule has 2 aromatic carbocycles. The van der Waals surface area contributed by atoms with Crippen molar-refractivity contribution in [1.29, 1.82) is 0 Å². The Kier molecular flexibility index (Phi) is 4.80. The maximum absolute atomic E-state index is 8.92. The van der Waals surface area contributed by atoms with E-state index in [1.165, 1.54) is 16.7 Å². The quantitative estimate of drug-likeness (QED) is 0.859. The summed E-state index contributed by atoms with van der Waals surface area (Å²) in [6, 6.07) is 15.1. The topological polar surface area (TPSA) is 32.3 Å². The van der Waals surface area contributed by atoms with E-state index in [-0.39, 0.29) is 12.6 Å². The van der Waals surface area contributed by atoms with Crippen LogP contribution in [0.3, 0.4) is 0 Å². The third-order valence-corrected chi connectivity index (χ3v) is 3.77. The van der Waals surface area contributed by atoms with Crippen LogP contribution in [0.2, 0.25) is 0 Å². The Hall–Kier alpha value is -1.80. The maximum Gasteiger partial charge on any atom is 0.0485 e. The van der Waals surface area contributed by atoms with Gasteiger partial charge in [-0.1, -0.05) is 30.3 Å². The Balaban J connectivity index is 2.06. The van der Waals surface area contributed by atoms with E-state index in [0.717, 1.165) is 11.3 Å². The molecule has 2 aromatic rings. The van der Waals surface area contributed by atoms with Crippen molar-refractivity contribution in [1.82, 2.24) is 0 Å². The zero-order valence-electron chi connectivity index (χ0n) is 12.5. The van der Waals surface area contributed by atoms with E-state index in [9.17, 15) is 0 Å². The number of aliphatic hydroxyl groups excluding tert-OH is 1. The van der Waals surface area contributed by atoms with Crippen LogP contribution in [0.25, 0.3) is 0 Å². The van der Waals surface area contributed by atoms with Gasteiger partial charge in [0.25, 0.3) is 0 Å². The minimum Gasteiger partial charge on any atom is -0.396 e. The monoisotopic (exact) mass is 269 g/mol. The summed E-state index contributed by atoms with van der Waals surface area (Å²) in [7, 11) is 0. The molecule has 0 saturated carbocycles. The average Bonchev–Trinajstić information content (AvgIpc) is 2.44. The third-order valence-electron chi connectivity index (χ3n) is 3.77. The number of anilines is 1. The summed E-state index contributed by atoms with van der Waals surface area (Å²) < 4.78 is 0. The highest BCUT2D eigenvalue weighted by Crippen LogP contribution is 2.21. The molecule has 0 bridgehead atoms. The minimum absolute atomic E-state index is 0.200. The molecule has 0 aromatic heterocycles. The van der Waals surface area contributed by atoms with Crippen LogP contribution >= 0.6 is 0 Å². The Morgan fingerprint density at radius 3 is 2.30 bits per heavy atom. The zero-order chi connectivity index (χ0) is 14.5. The standard InChI is InChI=1S/C18H23NO/c1-13-4-7-17(12-14(13)2)15(3)19-18-8-5-16(6-9-18)10-11-20/h4-9,12,15,19-20H,10-11H2,1-3H3. The summed E-state index contributed by atoms with van der Waals surface area (Å²) in [6.07, 6.45) is 0.715. The highest BCUT2D eigenvalue weighted by atomic mass is 16.2. The van der Waals surface area contributed by atoms with Crippen LogP contribution in [0.4, 0.5) is 5.69 Å². The predicted molar refractivity (Wildman–Crippen MR) is 85.2 cm³/mol. The SMILES string of the molecule is Cc1ccc(C(C)Nc2ccc(CCO)cc2)cc1C. The fourth-order valence-electron chi connectivity index (χ4n) is 2.26. The van der Waals surface area contributed by atoms with E-state index in [4.69, 9.17) is 5.11 Å². The van der Waals surface area contributed by atoms with Crippen molar-refractivity contribution < 1.29 is 5.11 Å². The van der Waals surface area contributed by atoms with Crippen LogP contribution in [-0.2, 0) is 6.42 Å². The fraction of sp³-hybridized carbons (Fsp3) is 0.333. The first-order chi connectivity index (χ1) is 9.60. The lowest BCUT2D eigenvalue weighted by molar-refractivity contribution is 0.299. The molecule has 2 N–H and O–H groups in total. The van der Waals surface area contributed by atoms with Gasteiger partial charge >= 0.3 is 0 Å². The van der Waals surface area contributed by atoms with Crippen molar-refractivity contribution in [3.8, 4) is 0 Å². The lowest BCUT2D eigenvalue weighted by Gasteiger charge is -2.17. The third kappa shape index (κ3) is 3.61. The predicted octanol–water partition coefficient (Wildman–Crippen LogP) is 4.01. The van der Waals surface area contributed by atoms with E-state index >= 15 is 0 Å². The summed E-state index contributed by atoms with van der Waals surface area (Å²) in [5, 5.41) is 12.4. The van der Waals surface area contributed by atoms with Gasteiger partial charge in [0.2, 0.25) is 0 Å². The number of benzene rings is 2. The highest BCUT2D eigenvalue weighted by molar-refractivity contribution is 5.47. The fourth-order valence-corrected chi connectivity index (χ4v) is 2.26. The number of rotatable bonds is 5. The molecule has 0 amide bonds. The lowest BCUT2D eigenvalue weighted by atomic mass is 10.0. The van der Waals surface area contributed by atoms with E-state index in [1.807, 2.05) is 0 Å². The molecule has 0 spiro atoms. The van der Waals surface area contributed by atoms with Gasteiger partial charge in [-0.2, -0.15) is 0 Å². The number of aliphatic hydroxyl groups is 1. The van der Waals surface area contributed by atoms with Crippen LogP contribution in [-0.4, -0.2) is 11.7 Å². The van der Waals surface area contributed by atoms with Crippen LogP contribution in [0.1, 0.15) is 35.2 Å². The number of hydrogen-bond donors (Lipinski definition) is 2. The maximum atomic E-state index is 8.92. The van der Waals surface area contributed by atoms with Gasteiger partial charge in [-0.25, -0.2) is 0 Å². The van der Waals surface area contributed by atoms with Gasteiger partial charge in [-0.05, 0) is 61.6 Å². The Labute approximate surface area is 121 Å². The van der Waals surface area contributed by atoms with Gasteiger partial charge < -0.3 is 10.4 Å². The number of nitrogens with one attached hydrogen (secondary N) is 1. The molecule has 0 aliphatic rings. The number of aryl methyl sites for hydroxylation is 2. The molecule has 0 fully saturated rings. The molecule has 2 nitrogen and oxygen atoms in total. The molecule has 20 heavy (non-hydrogen) atoms. The van der Waals surface area contributed by atoms with Gasteiger partial charge in [0, 0.05) is 18.3 Å². The molecule has 0 heterocycles. The smallest absolute Gasteiger partial charge is 0.0485 e. The van der Waals surface area contributed by atoms with E-state index in [1.54, 1.807) is 0 Å². The molecule has 106 valence electrons. The summed E-state index contributed by atoms with van der Waals surface area (Å²) >= 11 is 0. The first-order valence-corrected chi connectivity index (χ1v) is 7.13. The van der Waals surface area contributed by atoms with Crippen molar-refractivity contribution in [2.75, 3.05) is 11.9 Å². The molecular formula is C18H23NO. The van der Waals surface area contributed by atoms with Crippen LogP contribution in [0.15, 0.2) is 42.5 Å². The van der Waals surface area contributed by atoms with E-state index < -0.39 is 0 Å². The summed E-state index contributed by atoms with van der Waals surface area (Å²) in [5.74, 6) is 0. The number of hydrogen-bond acceptors (Lipinski definition) is 2. The first kappa shape index (κ1) is 14.6. The molecule has 1 unspecified atom stereocenters. The Morgan fingerprint density at radius 1 is 1.00 bits per heavy atom. The molecule has 0 saturated heterocycles. The molecule has 1 atom stereocenters. The minimum atomic E-state index is 0.200. The second-order valence-electron chi connectivity index (χ2n) is 5.38. The van der Waals surface area contributed by atoms with Crippen molar-refractivity contribution in [3.63, 3.8) is 0 Å². The van der Waals surface area contributed by atoms with Crippen molar-refractivity contribution in [2.24, 2.45) is 0 Å². The van der Waals surface area contributed by atoms with Crippen LogP contribution in [0.5, 0.6) is 0 Å². The second kappa shape index (κ2) is 6.58. The summed E-state index contributed by atoms with van der Waals surface area (Å²) in [4.78, 5) is 0. The van der Waals surface area contributed by atoms with Crippen molar-refractivity contribution in [3.05, 3.63) is 64.7 Å². The first-order valence-electron chi connectivity index (χ1n) is 7.13. The summed E-state index contributed by atoms with van der Waals surface area (Å²) in [6.45, 7) is 6.66. The molecular weight excluding hydrogens is 246 g/mol. The van der Waals surface area contributed by atoms with Crippen molar-refractivity contribution in [2.45, 2.75) is 33.2 Å². The van der Waals surface area contributed by atoms with E-state index in [2.05, 4.69) is 68.6 Å². The van der Waals surface area contributed by atoms with Gasteiger partial charge in [-0.3, -0.25) is 0 Å². The molecule has 0 aliphatic carbocycles. The highest BCUT2D eigenvalue weighted by Gasteiger charge is 2.06. The largest absolute Gasteiger partial charge is 0.396 e. The molecule has 2 heteroatoms. The van der Waals surface area contributed by atoms with Crippen LogP contribution in [0, 0.1) is 13.8 Å². The van der Waals surface area contributed by atoms with Gasteiger partial charge in [0.15, 0.2) is 0 Å². The lowest BCUT2D eigenvalue weighted by Crippen LogP contribution is -2.07. The van der Waals surface area contributed by atoms with Crippen molar-refractivity contribution >= 4 is 5.69 Å². The second-order valence-corrected chi connectivity index (χ2v) is 5.38.